The Labute approximate surface area is 98.0 Å². The first-order valence-corrected chi connectivity index (χ1v) is 5.19. The molecule has 1 aromatic rings. The Kier molecular flexibility index (Phi) is 2.97. The van der Waals surface area contributed by atoms with Crippen LogP contribution in [0, 0.1) is 11.3 Å². The molecule has 0 radical (unpaired) electrons. The Bertz CT molecular complexity index is 468. The summed E-state index contributed by atoms with van der Waals surface area (Å²) in [5.74, 6) is 0. The Morgan fingerprint density at radius 3 is 2.94 bits per heavy atom. The van der Waals surface area contributed by atoms with Crippen LogP contribution in [0.25, 0.3) is 0 Å². The molecule has 0 atom stereocenters. The van der Waals surface area contributed by atoms with Crippen molar-refractivity contribution in [2.45, 2.75) is 6.54 Å². The minimum absolute atomic E-state index is 0.319. The number of rotatable bonds is 2. The predicted molar refractivity (Wildman–Crippen MR) is 57.9 cm³/mol. The van der Waals surface area contributed by atoms with Crippen molar-refractivity contribution in [1.82, 2.24) is 4.90 Å². The quantitative estimate of drug-likeness (QED) is 0.791. The summed E-state index contributed by atoms with van der Waals surface area (Å²) in [5.41, 5.74) is 1.33. The first-order chi connectivity index (χ1) is 7.70. The lowest BCUT2D eigenvalue weighted by molar-refractivity contribution is 0.157. The van der Waals surface area contributed by atoms with Gasteiger partial charge in [0.25, 0.3) is 0 Å². The van der Waals surface area contributed by atoms with Crippen molar-refractivity contribution in [1.29, 1.82) is 5.26 Å². The molecular formula is C11H9ClN2O2. The van der Waals surface area contributed by atoms with Crippen LogP contribution in [0.3, 0.4) is 0 Å². The highest BCUT2D eigenvalue weighted by Crippen LogP contribution is 2.20. The number of amides is 1. The molecule has 1 aliphatic rings. The summed E-state index contributed by atoms with van der Waals surface area (Å²) < 4.78 is 4.81. The summed E-state index contributed by atoms with van der Waals surface area (Å²) in [7, 11) is 0. The van der Waals surface area contributed by atoms with E-state index in [1.54, 1.807) is 23.1 Å². The van der Waals surface area contributed by atoms with Gasteiger partial charge in [0.15, 0.2) is 0 Å². The van der Waals surface area contributed by atoms with Gasteiger partial charge in [-0.1, -0.05) is 17.7 Å². The SMILES string of the molecule is N#Cc1ccc(CN2CCOC2=O)c(Cl)c1. The van der Waals surface area contributed by atoms with E-state index in [9.17, 15) is 4.79 Å². The smallest absolute Gasteiger partial charge is 0.410 e. The van der Waals surface area contributed by atoms with Gasteiger partial charge in [0.2, 0.25) is 0 Å². The van der Waals surface area contributed by atoms with Gasteiger partial charge in [0, 0.05) is 5.02 Å². The zero-order valence-corrected chi connectivity index (χ0v) is 9.20. The minimum atomic E-state index is -0.319. The molecule has 5 heteroatoms. The van der Waals surface area contributed by atoms with Gasteiger partial charge in [-0.25, -0.2) is 4.79 Å². The van der Waals surface area contributed by atoms with Gasteiger partial charge >= 0.3 is 6.09 Å². The van der Waals surface area contributed by atoms with Gasteiger partial charge in [-0.15, -0.1) is 0 Å². The summed E-state index contributed by atoms with van der Waals surface area (Å²) >= 11 is 6.00. The maximum Gasteiger partial charge on any atom is 0.410 e. The number of hydrogen-bond donors (Lipinski definition) is 0. The van der Waals surface area contributed by atoms with E-state index < -0.39 is 0 Å². The molecule has 0 spiro atoms. The molecule has 1 amide bonds. The van der Waals surface area contributed by atoms with Crippen LogP contribution in [-0.2, 0) is 11.3 Å². The molecule has 0 N–H and O–H groups in total. The highest BCUT2D eigenvalue weighted by Gasteiger charge is 2.22. The van der Waals surface area contributed by atoms with Crippen LogP contribution >= 0.6 is 11.6 Å². The number of cyclic esters (lactones) is 1. The fourth-order valence-corrected chi connectivity index (χ4v) is 1.76. The van der Waals surface area contributed by atoms with Gasteiger partial charge in [-0.05, 0) is 17.7 Å². The number of hydrogen-bond acceptors (Lipinski definition) is 3. The molecule has 16 heavy (non-hydrogen) atoms. The third-order valence-electron chi connectivity index (χ3n) is 2.39. The molecule has 82 valence electrons. The Morgan fingerprint density at radius 1 is 1.56 bits per heavy atom. The van der Waals surface area contributed by atoms with E-state index in [1.807, 2.05) is 6.07 Å². The third-order valence-corrected chi connectivity index (χ3v) is 2.74. The van der Waals surface area contributed by atoms with Crippen molar-refractivity contribution in [3.8, 4) is 6.07 Å². The van der Waals surface area contributed by atoms with Crippen molar-refractivity contribution in [3.63, 3.8) is 0 Å². The first-order valence-electron chi connectivity index (χ1n) is 4.81. The second-order valence-electron chi connectivity index (χ2n) is 3.45. The van der Waals surface area contributed by atoms with Crippen LogP contribution in [0.4, 0.5) is 4.79 Å². The number of ether oxygens (including phenoxy) is 1. The van der Waals surface area contributed by atoms with Crippen LogP contribution in [0.5, 0.6) is 0 Å². The molecule has 0 aromatic heterocycles. The van der Waals surface area contributed by atoms with E-state index in [4.69, 9.17) is 21.6 Å². The highest BCUT2D eigenvalue weighted by molar-refractivity contribution is 6.31. The molecule has 1 fully saturated rings. The lowest BCUT2D eigenvalue weighted by atomic mass is 10.1. The molecule has 0 bridgehead atoms. The number of benzene rings is 1. The number of carbonyl (C=O) groups is 1. The molecule has 4 nitrogen and oxygen atoms in total. The zero-order chi connectivity index (χ0) is 11.5. The maximum absolute atomic E-state index is 11.2. The number of halogens is 1. The van der Waals surface area contributed by atoms with Crippen LogP contribution in [0.2, 0.25) is 5.02 Å². The summed E-state index contributed by atoms with van der Waals surface area (Å²) in [5, 5.41) is 9.18. The number of nitrogens with zero attached hydrogens (tertiary/aromatic N) is 2. The summed E-state index contributed by atoms with van der Waals surface area (Å²) in [4.78, 5) is 12.8. The average Bonchev–Trinajstić information content (AvgIpc) is 2.67. The first kappa shape index (κ1) is 10.8. The van der Waals surface area contributed by atoms with Crippen molar-refractivity contribution < 1.29 is 9.53 Å². The summed E-state index contributed by atoms with van der Waals surface area (Å²) in [6, 6.07) is 7.04. The second kappa shape index (κ2) is 4.42. The van der Waals surface area contributed by atoms with Crippen molar-refractivity contribution in [3.05, 3.63) is 34.3 Å². The van der Waals surface area contributed by atoms with E-state index in [1.165, 1.54) is 0 Å². The van der Waals surface area contributed by atoms with Gasteiger partial charge < -0.3 is 9.64 Å². The van der Waals surface area contributed by atoms with E-state index in [0.29, 0.717) is 30.3 Å². The van der Waals surface area contributed by atoms with Crippen LogP contribution in [0.15, 0.2) is 18.2 Å². The maximum atomic E-state index is 11.2. The van der Waals surface area contributed by atoms with Crippen molar-refractivity contribution in [2.24, 2.45) is 0 Å². The predicted octanol–water partition coefficient (Wildman–Crippen LogP) is 2.16. The number of nitriles is 1. The molecule has 0 saturated carbocycles. The van der Waals surface area contributed by atoms with Crippen molar-refractivity contribution >= 4 is 17.7 Å². The van der Waals surface area contributed by atoms with E-state index in [2.05, 4.69) is 0 Å². The Hall–Kier alpha value is -1.73. The van der Waals surface area contributed by atoms with E-state index in [-0.39, 0.29) is 6.09 Å². The van der Waals surface area contributed by atoms with E-state index in [0.717, 1.165) is 5.56 Å². The van der Waals surface area contributed by atoms with Crippen molar-refractivity contribution in [2.75, 3.05) is 13.2 Å². The monoisotopic (exact) mass is 236 g/mol. The molecule has 0 aliphatic carbocycles. The largest absolute Gasteiger partial charge is 0.448 e. The topological polar surface area (TPSA) is 53.3 Å². The van der Waals surface area contributed by atoms with Gasteiger partial charge in [0.05, 0.1) is 24.7 Å². The average molecular weight is 237 g/mol. The Morgan fingerprint density at radius 2 is 2.38 bits per heavy atom. The van der Waals surface area contributed by atoms with Gasteiger partial charge in [-0.3, -0.25) is 0 Å². The highest BCUT2D eigenvalue weighted by atomic mass is 35.5. The summed E-state index contributed by atoms with van der Waals surface area (Å²) in [6.45, 7) is 1.42. The minimum Gasteiger partial charge on any atom is -0.448 e. The zero-order valence-electron chi connectivity index (χ0n) is 8.44. The standard InChI is InChI=1S/C11H9ClN2O2/c12-10-5-8(6-13)1-2-9(10)7-14-3-4-16-11(14)15/h1-2,5H,3-4,7H2. The fourth-order valence-electron chi connectivity index (χ4n) is 1.52. The molecule has 2 rings (SSSR count). The summed E-state index contributed by atoms with van der Waals surface area (Å²) in [6.07, 6.45) is -0.319. The van der Waals surface area contributed by atoms with Gasteiger partial charge in [-0.2, -0.15) is 5.26 Å². The molecule has 0 unspecified atom stereocenters. The molecule has 1 saturated heterocycles. The van der Waals surface area contributed by atoms with Crippen LogP contribution in [-0.4, -0.2) is 24.1 Å². The molecule has 1 heterocycles. The van der Waals surface area contributed by atoms with Gasteiger partial charge in [0.1, 0.15) is 6.61 Å². The lowest BCUT2D eigenvalue weighted by Crippen LogP contribution is -2.23. The van der Waals surface area contributed by atoms with E-state index >= 15 is 0 Å². The third kappa shape index (κ3) is 2.10. The lowest BCUT2D eigenvalue weighted by Gasteiger charge is -2.13. The van der Waals surface area contributed by atoms with Crippen LogP contribution in [0.1, 0.15) is 11.1 Å². The normalized spacial score (nSPS) is 14.8. The molecular weight excluding hydrogens is 228 g/mol. The molecule has 1 aromatic carbocycles. The fraction of sp³-hybridized carbons (Fsp3) is 0.273. The number of carbonyl (C=O) groups excluding carboxylic acids is 1. The molecule has 1 aliphatic heterocycles. The Balaban J connectivity index is 2.16. The second-order valence-corrected chi connectivity index (χ2v) is 3.86. The van der Waals surface area contributed by atoms with Crippen LogP contribution < -0.4 is 0 Å².